The van der Waals surface area contributed by atoms with Gasteiger partial charge in [-0.2, -0.15) is 0 Å². The van der Waals surface area contributed by atoms with Crippen LogP contribution in [-0.2, 0) is 6.42 Å². The first-order valence-corrected chi connectivity index (χ1v) is 7.12. The fourth-order valence-corrected chi connectivity index (χ4v) is 2.01. The first kappa shape index (κ1) is 14.9. The monoisotopic (exact) mass is 278 g/mol. The minimum Gasteiger partial charge on any atom is -0.507 e. The highest BCUT2D eigenvalue weighted by Crippen LogP contribution is 2.16. The summed E-state index contributed by atoms with van der Waals surface area (Å²) in [5, 5.41) is 9.44. The first-order chi connectivity index (χ1) is 10.2. The summed E-state index contributed by atoms with van der Waals surface area (Å²) in [4.78, 5) is 10.8. The topological polar surface area (TPSA) is 37.3 Å². The van der Waals surface area contributed by atoms with E-state index < -0.39 is 0 Å². The number of rotatable bonds is 4. The number of phenolic OH excluding ortho intramolecular Hbond substituents is 1. The minimum atomic E-state index is -0.0178. The lowest BCUT2D eigenvalue weighted by Gasteiger charge is -1.99. The van der Waals surface area contributed by atoms with Crippen molar-refractivity contribution in [3.05, 3.63) is 64.7 Å². The molecule has 2 nitrogen and oxygen atoms in total. The molecule has 0 heterocycles. The van der Waals surface area contributed by atoms with Crippen LogP contribution in [0.2, 0.25) is 0 Å². The number of carbonyl (C=O) groups is 1. The summed E-state index contributed by atoms with van der Waals surface area (Å²) in [7, 11) is 0. The largest absolute Gasteiger partial charge is 0.507 e. The van der Waals surface area contributed by atoms with Crippen LogP contribution in [-0.4, -0.2) is 11.4 Å². The summed E-state index contributed by atoms with van der Waals surface area (Å²) in [5.74, 6) is 6.06. The van der Waals surface area contributed by atoms with Gasteiger partial charge in [-0.3, -0.25) is 4.79 Å². The molecule has 2 aromatic carbocycles. The molecule has 0 aliphatic carbocycles. The van der Waals surface area contributed by atoms with E-state index in [1.54, 1.807) is 12.1 Å². The van der Waals surface area contributed by atoms with E-state index in [9.17, 15) is 9.90 Å². The van der Waals surface area contributed by atoms with Crippen molar-refractivity contribution in [3.8, 4) is 17.6 Å². The molecule has 2 rings (SSSR count). The fourth-order valence-electron chi connectivity index (χ4n) is 2.01. The van der Waals surface area contributed by atoms with Crippen molar-refractivity contribution in [1.29, 1.82) is 0 Å². The van der Waals surface area contributed by atoms with E-state index >= 15 is 0 Å². The summed E-state index contributed by atoms with van der Waals surface area (Å²) in [6, 6.07) is 13.0. The van der Waals surface area contributed by atoms with E-state index in [4.69, 9.17) is 0 Å². The van der Waals surface area contributed by atoms with Gasteiger partial charge in [0.15, 0.2) is 6.29 Å². The second kappa shape index (κ2) is 7.31. The normalized spacial score (nSPS) is 9.76. The molecular formula is C19H18O2. The van der Waals surface area contributed by atoms with Gasteiger partial charge in [0.05, 0.1) is 5.56 Å². The standard InChI is InChI=1S/C19H18O2/c1-2-3-4-15-5-7-16(8-6-15)9-10-17-11-12-19(21)18(13-17)14-20/h5-8,11-14,21H,2-4H2,1H3. The second-order valence-corrected chi connectivity index (χ2v) is 4.94. The van der Waals surface area contributed by atoms with E-state index in [1.165, 1.54) is 24.5 Å². The third kappa shape index (κ3) is 4.22. The van der Waals surface area contributed by atoms with Crippen molar-refractivity contribution in [3.63, 3.8) is 0 Å². The number of aldehydes is 1. The van der Waals surface area contributed by atoms with Crippen molar-refractivity contribution >= 4 is 6.29 Å². The molecule has 0 aromatic heterocycles. The number of carbonyl (C=O) groups excluding carboxylic acids is 1. The van der Waals surface area contributed by atoms with Crippen LogP contribution in [0.15, 0.2) is 42.5 Å². The maximum Gasteiger partial charge on any atom is 0.153 e. The number of aryl methyl sites for hydroxylation is 1. The van der Waals surface area contributed by atoms with Gasteiger partial charge in [-0.25, -0.2) is 0 Å². The molecule has 0 spiro atoms. The van der Waals surface area contributed by atoms with Gasteiger partial charge in [0.25, 0.3) is 0 Å². The lowest BCUT2D eigenvalue weighted by Crippen LogP contribution is -1.85. The van der Waals surface area contributed by atoms with Gasteiger partial charge in [0, 0.05) is 11.1 Å². The molecule has 0 unspecified atom stereocenters. The first-order valence-electron chi connectivity index (χ1n) is 7.12. The Labute approximate surface area is 125 Å². The number of benzene rings is 2. The number of aromatic hydroxyl groups is 1. The molecule has 2 heteroatoms. The van der Waals surface area contributed by atoms with Crippen LogP contribution in [0.25, 0.3) is 0 Å². The zero-order chi connectivity index (χ0) is 15.1. The highest BCUT2D eigenvalue weighted by molar-refractivity contribution is 5.79. The van der Waals surface area contributed by atoms with Crippen molar-refractivity contribution in [2.45, 2.75) is 26.2 Å². The van der Waals surface area contributed by atoms with Gasteiger partial charge in [-0.15, -0.1) is 0 Å². The predicted molar refractivity (Wildman–Crippen MR) is 84.5 cm³/mol. The van der Waals surface area contributed by atoms with Crippen LogP contribution < -0.4 is 0 Å². The number of phenols is 1. The molecule has 0 fully saturated rings. The fraction of sp³-hybridized carbons (Fsp3) is 0.211. The molecule has 0 aliphatic heterocycles. The Morgan fingerprint density at radius 2 is 1.71 bits per heavy atom. The van der Waals surface area contributed by atoms with Gasteiger partial charge >= 0.3 is 0 Å². The summed E-state index contributed by atoms with van der Waals surface area (Å²) < 4.78 is 0. The van der Waals surface area contributed by atoms with Gasteiger partial charge < -0.3 is 5.11 Å². The summed E-state index contributed by atoms with van der Waals surface area (Å²) in [5.41, 5.74) is 3.24. The van der Waals surface area contributed by atoms with E-state index in [2.05, 4.69) is 30.9 Å². The van der Waals surface area contributed by atoms with E-state index in [-0.39, 0.29) is 11.3 Å². The van der Waals surface area contributed by atoms with Crippen molar-refractivity contribution < 1.29 is 9.90 Å². The van der Waals surface area contributed by atoms with Crippen molar-refractivity contribution in [2.24, 2.45) is 0 Å². The molecule has 0 saturated heterocycles. The van der Waals surface area contributed by atoms with Crippen LogP contribution in [0.3, 0.4) is 0 Å². The molecule has 0 bridgehead atoms. The van der Waals surface area contributed by atoms with Crippen LogP contribution in [0, 0.1) is 11.8 Å². The van der Waals surface area contributed by atoms with Crippen molar-refractivity contribution in [1.82, 2.24) is 0 Å². The van der Waals surface area contributed by atoms with Crippen LogP contribution in [0.1, 0.15) is 46.8 Å². The highest BCUT2D eigenvalue weighted by atomic mass is 16.3. The quantitative estimate of drug-likeness (QED) is 0.679. The Hall–Kier alpha value is -2.53. The molecule has 0 atom stereocenters. The Morgan fingerprint density at radius 3 is 2.38 bits per heavy atom. The van der Waals surface area contributed by atoms with Crippen LogP contribution in [0.4, 0.5) is 0 Å². The smallest absolute Gasteiger partial charge is 0.153 e. The second-order valence-electron chi connectivity index (χ2n) is 4.94. The lowest BCUT2D eigenvalue weighted by atomic mass is 10.1. The Bertz CT molecular complexity index is 673. The molecule has 0 radical (unpaired) electrons. The summed E-state index contributed by atoms with van der Waals surface area (Å²) in [6.45, 7) is 2.19. The summed E-state index contributed by atoms with van der Waals surface area (Å²) in [6.07, 6.45) is 4.13. The van der Waals surface area contributed by atoms with Gasteiger partial charge in [0.1, 0.15) is 5.75 Å². The zero-order valence-corrected chi connectivity index (χ0v) is 12.1. The Morgan fingerprint density at radius 1 is 1.05 bits per heavy atom. The predicted octanol–water partition coefficient (Wildman–Crippen LogP) is 3.95. The van der Waals surface area contributed by atoms with Crippen LogP contribution >= 0.6 is 0 Å². The molecular weight excluding hydrogens is 260 g/mol. The SMILES string of the molecule is CCCCc1ccc(C#Cc2ccc(O)c(C=O)c2)cc1. The summed E-state index contributed by atoms with van der Waals surface area (Å²) >= 11 is 0. The average Bonchev–Trinajstić information content (AvgIpc) is 2.53. The Kier molecular flexibility index (Phi) is 5.17. The van der Waals surface area contributed by atoms with Gasteiger partial charge in [-0.05, 0) is 48.7 Å². The number of hydrogen-bond acceptors (Lipinski definition) is 2. The number of unbranched alkanes of at least 4 members (excludes halogenated alkanes) is 1. The third-order valence-electron chi connectivity index (χ3n) is 3.28. The molecule has 2 aromatic rings. The molecule has 0 saturated carbocycles. The molecule has 0 amide bonds. The van der Waals surface area contributed by atoms with Gasteiger partial charge in [0.2, 0.25) is 0 Å². The minimum absolute atomic E-state index is 0.0178. The molecule has 21 heavy (non-hydrogen) atoms. The van der Waals surface area contributed by atoms with Crippen molar-refractivity contribution in [2.75, 3.05) is 0 Å². The van der Waals surface area contributed by atoms with E-state index in [1.807, 2.05) is 12.1 Å². The van der Waals surface area contributed by atoms with Gasteiger partial charge in [-0.1, -0.05) is 37.3 Å². The molecule has 1 N–H and O–H groups in total. The lowest BCUT2D eigenvalue weighted by molar-refractivity contribution is 0.112. The van der Waals surface area contributed by atoms with E-state index in [0.717, 1.165) is 12.0 Å². The molecule has 0 aliphatic rings. The maximum atomic E-state index is 10.8. The zero-order valence-electron chi connectivity index (χ0n) is 12.1. The van der Waals surface area contributed by atoms with Crippen LogP contribution in [0.5, 0.6) is 5.75 Å². The average molecular weight is 278 g/mol. The van der Waals surface area contributed by atoms with E-state index in [0.29, 0.717) is 11.8 Å². The number of hydrogen-bond donors (Lipinski definition) is 1. The third-order valence-corrected chi connectivity index (χ3v) is 3.28. The maximum absolute atomic E-state index is 10.8. The molecule has 106 valence electrons. The Balaban J connectivity index is 2.13. The highest BCUT2D eigenvalue weighted by Gasteiger charge is 1.99.